The first-order valence-corrected chi connectivity index (χ1v) is 20.9. The fraction of sp³-hybridized carbons (Fsp3) is 0.333. The third kappa shape index (κ3) is 13.8. The minimum absolute atomic E-state index is 0.0312. The molecule has 2 aliphatic rings. The molecular formula is C48H52N4O12. The predicted octanol–water partition coefficient (Wildman–Crippen LogP) is 4.51. The number of likely N-dealkylation sites (tertiary alicyclic amines) is 2. The first-order chi connectivity index (χ1) is 31.0. The number of hydrogen-bond acceptors (Lipinski definition) is 12. The number of ether oxygens (including phenoxy) is 4. The summed E-state index contributed by atoms with van der Waals surface area (Å²) in [4.78, 5) is 103. The molecule has 2 unspecified atom stereocenters. The van der Waals surface area contributed by atoms with Crippen LogP contribution in [-0.4, -0.2) is 109 Å². The minimum atomic E-state index is -1.13. The Morgan fingerprint density at radius 3 is 1.12 bits per heavy atom. The lowest BCUT2D eigenvalue weighted by atomic mass is 10.0. The lowest BCUT2D eigenvalue weighted by Gasteiger charge is -2.24. The number of nitrogens with zero attached hydrogens (tertiary/aromatic N) is 2. The van der Waals surface area contributed by atoms with Gasteiger partial charge in [-0.2, -0.15) is 0 Å². The quantitative estimate of drug-likeness (QED) is 0.0907. The zero-order chi connectivity index (χ0) is 45.8. The molecule has 0 bridgehead atoms. The second-order valence-corrected chi connectivity index (χ2v) is 15.0. The highest BCUT2D eigenvalue weighted by Crippen LogP contribution is 2.21. The maximum Gasteiger partial charge on any atom is 0.408 e. The Morgan fingerprint density at radius 1 is 0.500 bits per heavy atom. The number of carbonyl (C=O) groups excluding carboxylic acids is 8. The van der Waals surface area contributed by atoms with Gasteiger partial charge in [-0.05, 0) is 47.9 Å². The average Bonchev–Trinajstić information content (AvgIpc) is 4.04. The number of nitrogens with one attached hydrogen (secondary N) is 2. The monoisotopic (exact) mass is 876 g/mol. The van der Waals surface area contributed by atoms with Crippen molar-refractivity contribution >= 4 is 47.5 Å². The lowest BCUT2D eigenvalue weighted by molar-refractivity contribution is -0.154. The summed E-state index contributed by atoms with van der Waals surface area (Å²) >= 11 is 0. The van der Waals surface area contributed by atoms with Crippen LogP contribution in [0.3, 0.4) is 0 Å². The standard InChI is InChI=1S/2C24H26N2O6/c2*1-31-23(29)20-13-8-14-26(20)22(28)21(27)19(15-17-9-4-2-5-10-17)25-24(30)32-16-18-11-6-3-7-12-18/h2*2-7,9-12,19-20H,8,13-16H2,1H3,(H,25,30)/t2*19?,20-/m00/s1. The van der Waals surface area contributed by atoms with E-state index in [1.165, 1.54) is 24.0 Å². The summed E-state index contributed by atoms with van der Waals surface area (Å²) < 4.78 is 20.0. The Labute approximate surface area is 371 Å². The first-order valence-electron chi connectivity index (χ1n) is 20.9. The van der Waals surface area contributed by atoms with Crippen molar-refractivity contribution < 1.29 is 57.3 Å². The lowest BCUT2D eigenvalue weighted by Crippen LogP contribution is -2.52. The van der Waals surface area contributed by atoms with Crippen LogP contribution in [0.25, 0.3) is 0 Å². The van der Waals surface area contributed by atoms with E-state index in [1.54, 1.807) is 48.5 Å². The fourth-order valence-corrected chi connectivity index (χ4v) is 7.30. The van der Waals surface area contributed by atoms with Gasteiger partial charge < -0.3 is 39.4 Å². The van der Waals surface area contributed by atoms with Crippen LogP contribution in [0.1, 0.15) is 47.9 Å². The fourth-order valence-electron chi connectivity index (χ4n) is 7.30. The molecule has 2 aliphatic heterocycles. The molecule has 0 saturated carbocycles. The van der Waals surface area contributed by atoms with Gasteiger partial charge in [0.2, 0.25) is 11.6 Å². The van der Waals surface area contributed by atoms with Crippen LogP contribution in [0.15, 0.2) is 121 Å². The maximum atomic E-state index is 13.1. The summed E-state index contributed by atoms with van der Waals surface area (Å²) in [7, 11) is 2.49. The Balaban J connectivity index is 0.000000241. The molecule has 4 amide bonds. The number of alkyl carbamates (subject to hydrolysis) is 2. The van der Waals surface area contributed by atoms with E-state index in [2.05, 4.69) is 10.6 Å². The molecule has 336 valence electrons. The molecule has 6 rings (SSSR count). The molecule has 0 aromatic heterocycles. The average molecular weight is 877 g/mol. The molecule has 64 heavy (non-hydrogen) atoms. The molecule has 4 aromatic carbocycles. The van der Waals surface area contributed by atoms with Crippen molar-refractivity contribution in [1.82, 2.24) is 20.4 Å². The molecule has 0 aliphatic carbocycles. The largest absolute Gasteiger partial charge is 0.467 e. The Bertz CT molecular complexity index is 2050. The molecule has 16 heteroatoms. The molecule has 4 aromatic rings. The van der Waals surface area contributed by atoms with Gasteiger partial charge in [0, 0.05) is 25.9 Å². The molecular weight excluding hydrogens is 825 g/mol. The third-order valence-electron chi connectivity index (χ3n) is 10.6. The van der Waals surface area contributed by atoms with Gasteiger partial charge in [-0.25, -0.2) is 19.2 Å². The minimum Gasteiger partial charge on any atom is -0.467 e. The molecule has 2 fully saturated rings. The third-order valence-corrected chi connectivity index (χ3v) is 10.6. The van der Waals surface area contributed by atoms with Gasteiger partial charge in [0.25, 0.3) is 11.8 Å². The van der Waals surface area contributed by atoms with Gasteiger partial charge in [0.15, 0.2) is 0 Å². The van der Waals surface area contributed by atoms with Crippen LogP contribution < -0.4 is 10.6 Å². The summed E-state index contributed by atoms with van der Waals surface area (Å²) in [6, 6.07) is 32.5. The van der Waals surface area contributed by atoms with Gasteiger partial charge in [-0.15, -0.1) is 0 Å². The number of hydrogen-bond donors (Lipinski definition) is 2. The Kier molecular flexibility index (Phi) is 18.1. The zero-order valence-electron chi connectivity index (χ0n) is 35.7. The number of Topliss-reactive ketones (excluding diaryl/α,β-unsaturated/α-hetero) is 2. The summed E-state index contributed by atoms with van der Waals surface area (Å²) in [6.07, 6.45) is 0.668. The van der Waals surface area contributed by atoms with E-state index in [1.807, 2.05) is 72.8 Å². The molecule has 2 saturated heterocycles. The smallest absolute Gasteiger partial charge is 0.408 e. The van der Waals surface area contributed by atoms with E-state index in [-0.39, 0.29) is 39.1 Å². The van der Waals surface area contributed by atoms with Gasteiger partial charge in [0.05, 0.1) is 14.2 Å². The summed E-state index contributed by atoms with van der Waals surface area (Å²) in [5, 5.41) is 5.05. The number of rotatable bonds is 16. The van der Waals surface area contributed by atoms with Crippen LogP contribution in [0.2, 0.25) is 0 Å². The molecule has 2 heterocycles. The highest BCUT2D eigenvalue weighted by atomic mass is 16.6. The van der Waals surface area contributed by atoms with Crippen molar-refractivity contribution in [2.75, 3.05) is 27.3 Å². The topological polar surface area (TPSA) is 204 Å². The highest BCUT2D eigenvalue weighted by molar-refractivity contribution is 6.39. The second kappa shape index (κ2) is 24.3. The van der Waals surface area contributed by atoms with Crippen molar-refractivity contribution in [3.63, 3.8) is 0 Å². The van der Waals surface area contributed by atoms with Crippen molar-refractivity contribution in [2.45, 2.75) is 75.9 Å². The molecule has 0 spiro atoms. The van der Waals surface area contributed by atoms with E-state index in [0.717, 1.165) is 22.3 Å². The van der Waals surface area contributed by atoms with Crippen molar-refractivity contribution in [2.24, 2.45) is 0 Å². The van der Waals surface area contributed by atoms with E-state index < -0.39 is 71.7 Å². The van der Waals surface area contributed by atoms with E-state index in [9.17, 15) is 38.4 Å². The van der Waals surface area contributed by atoms with Crippen LogP contribution in [0, 0.1) is 0 Å². The first kappa shape index (κ1) is 47.7. The van der Waals surface area contributed by atoms with Crippen LogP contribution in [0.5, 0.6) is 0 Å². The second-order valence-electron chi connectivity index (χ2n) is 15.0. The number of methoxy groups -OCH3 is 2. The van der Waals surface area contributed by atoms with E-state index in [4.69, 9.17) is 18.9 Å². The van der Waals surface area contributed by atoms with Crippen LogP contribution in [0.4, 0.5) is 9.59 Å². The van der Waals surface area contributed by atoms with Crippen LogP contribution >= 0.6 is 0 Å². The number of carbonyl (C=O) groups is 8. The Hall–Kier alpha value is -7.36. The zero-order valence-corrected chi connectivity index (χ0v) is 35.7. The van der Waals surface area contributed by atoms with Crippen molar-refractivity contribution in [3.8, 4) is 0 Å². The van der Waals surface area contributed by atoms with E-state index in [0.29, 0.717) is 25.7 Å². The maximum absolute atomic E-state index is 13.1. The SMILES string of the molecule is COC(=O)[C@@H]1CCCN1C(=O)C(=O)C(Cc1ccccc1)NC(=O)OCc1ccccc1.COC(=O)[C@@H]1CCCN1C(=O)C(=O)C(Cc1ccccc1)NC(=O)OCc1ccccc1. The number of ketones is 2. The van der Waals surface area contributed by atoms with Crippen LogP contribution in [-0.2, 0) is 73.8 Å². The number of esters is 2. The molecule has 4 atom stereocenters. The number of amides is 4. The normalized spacial score (nSPS) is 16.2. The Morgan fingerprint density at radius 2 is 0.812 bits per heavy atom. The summed E-state index contributed by atoms with van der Waals surface area (Å²) in [5.41, 5.74) is 3.13. The van der Waals surface area contributed by atoms with Gasteiger partial charge in [0.1, 0.15) is 37.4 Å². The van der Waals surface area contributed by atoms with Gasteiger partial charge in [-0.1, -0.05) is 121 Å². The van der Waals surface area contributed by atoms with Gasteiger partial charge in [-0.3, -0.25) is 19.2 Å². The van der Waals surface area contributed by atoms with Crippen molar-refractivity contribution in [3.05, 3.63) is 144 Å². The molecule has 2 N–H and O–H groups in total. The van der Waals surface area contributed by atoms with E-state index >= 15 is 0 Å². The summed E-state index contributed by atoms with van der Waals surface area (Å²) in [5.74, 6) is -4.36. The predicted molar refractivity (Wildman–Crippen MR) is 231 cm³/mol. The van der Waals surface area contributed by atoms with Gasteiger partial charge >= 0.3 is 24.1 Å². The number of benzene rings is 4. The van der Waals surface area contributed by atoms with Crippen molar-refractivity contribution in [1.29, 1.82) is 0 Å². The highest BCUT2D eigenvalue weighted by Gasteiger charge is 2.41. The molecule has 16 nitrogen and oxygen atoms in total. The molecule has 0 radical (unpaired) electrons. The summed E-state index contributed by atoms with van der Waals surface area (Å²) in [6.45, 7) is 0.620.